The van der Waals surface area contributed by atoms with Crippen LogP contribution in [0, 0.1) is 17.2 Å². The van der Waals surface area contributed by atoms with Gasteiger partial charge in [-0.25, -0.2) is 4.98 Å². The van der Waals surface area contributed by atoms with Crippen LogP contribution in [0.2, 0.25) is 0 Å². The van der Waals surface area contributed by atoms with E-state index in [4.69, 9.17) is 4.74 Å². The highest BCUT2D eigenvalue weighted by molar-refractivity contribution is 5.89. The Balaban J connectivity index is 1.63. The normalized spacial score (nSPS) is 24.0. The molecule has 0 amide bonds. The molecular weight excluding hydrogens is 366 g/mol. The molecule has 2 aromatic heterocycles. The summed E-state index contributed by atoms with van der Waals surface area (Å²) in [6, 6.07) is 7.93. The first-order chi connectivity index (χ1) is 14.0. The summed E-state index contributed by atoms with van der Waals surface area (Å²) in [6.45, 7) is 9.12. The molecule has 4 rings (SSSR count). The second kappa shape index (κ2) is 8.13. The summed E-state index contributed by atoms with van der Waals surface area (Å²) in [6.07, 6.45) is 2.28. The number of aromatic nitrogens is 2. The first kappa shape index (κ1) is 19.9. The lowest BCUT2D eigenvalue weighted by molar-refractivity contribution is 0.0419. The lowest BCUT2D eigenvalue weighted by Gasteiger charge is -2.46. The van der Waals surface area contributed by atoms with Crippen LogP contribution in [0.5, 0.6) is 0 Å². The van der Waals surface area contributed by atoms with E-state index in [1.54, 1.807) is 23.7 Å². The molecule has 0 N–H and O–H groups in total. The van der Waals surface area contributed by atoms with E-state index in [2.05, 4.69) is 34.7 Å². The first-order valence-electron chi connectivity index (χ1n) is 10.5. The molecule has 29 heavy (non-hydrogen) atoms. The highest BCUT2D eigenvalue weighted by Gasteiger charge is 2.32. The topological polar surface area (TPSA) is 74.4 Å². The summed E-state index contributed by atoms with van der Waals surface area (Å²) in [7, 11) is 1.75. The molecule has 154 valence electrons. The molecule has 2 atom stereocenters. The van der Waals surface area contributed by atoms with E-state index in [9.17, 15) is 10.1 Å². The Morgan fingerprint density at radius 3 is 2.69 bits per heavy atom. The maximum atomic E-state index is 12.6. The Morgan fingerprint density at radius 2 is 1.97 bits per heavy atom. The maximum Gasteiger partial charge on any atom is 0.252 e. The number of piperazine rings is 1. The minimum absolute atomic E-state index is 0.0523. The quantitative estimate of drug-likeness (QED) is 0.793. The SMILES string of the molecule is C[C@@H]1CN(c2cc(=O)n(C)c3ccc(C#N)nc23)[C@@H](C)CN1CC1CCOCC1. The van der Waals surface area contributed by atoms with Crippen molar-refractivity contribution in [3.63, 3.8) is 0 Å². The second-order valence-corrected chi connectivity index (χ2v) is 8.46. The van der Waals surface area contributed by atoms with Gasteiger partial charge in [-0.05, 0) is 44.7 Å². The van der Waals surface area contributed by atoms with E-state index in [-0.39, 0.29) is 11.6 Å². The van der Waals surface area contributed by atoms with E-state index < -0.39 is 0 Å². The molecule has 7 heteroatoms. The lowest BCUT2D eigenvalue weighted by Crippen LogP contribution is -2.57. The highest BCUT2D eigenvalue weighted by atomic mass is 16.5. The van der Waals surface area contributed by atoms with Crippen molar-refractivity contribution in [2.75, 3.05) is 37.7 Å². The Kier molecular flexibility index (Phi) is 5.57. The van der Waals surface area contributed by atoms with Crippen LogP contribution in [0.15, 0.2) is 23.0 Å². The fourth-order valence-electron chi connectivity index (χ4n) is 4.64. The van der Waals surface area contributed by atoms with E-state index in [1.807, 2.05) is 6.07 Å². The van der Waals surface area contributed by atoms with Crippen LogP contribution in [0.1, 0.15) is 32.4 Å². The van der Waals surface area contributed by atoms with Crippen molar-refractivity contribution in [3.8, 4) is 6.07 Å². The molecule has 2 fully saturated rings. The lowest BCUT2D eigenvalue weighted by atomic mass is 9.97. The average Bonchev–Trinajstić information content (AvgIpc) is 2.73. The molecule has 0 radical (unpaired) electrons. The number of nitriles is 1. The first-order valence-corrected chi connectivity index (χ1v) is 10.5. The van der Waals surface area contributed by atoms with Gasteiger partial charge in [0.25, 0.3) is 5.56 Å². The molecule has 0 aromatic carbocycles. The molecule has 4 heterocycles. The number of hydrogen-bond acceptors (Lipinski definition) is 6. The van der Waals surface area contributed by atoms with Crippen molar-refractivity contribution in [1.82, 2.24) is 14.5 Å². The van der Waals surface area contributed by atoms with Gasteiger partial charge in [-0.3, -0.25) is 9.69 Å². The minimum atomic E-state index is -0.0523. The van der Waals surface area contributed by atoms with Crippen molar-refractivity contribution < 1.29 is 4.74 Å². The molecule has 0 saturated carbocycles. The molecule has 2 aliphatic heterocycles. The number of nitrogens with zero attached hydrogens (tertiary/aromatic N) is 5. The number of anilines is 1. The highest BCUT2D eigenvalue weighted by Crippen LogP contribution is 2.29. The zero-order chi connectivity index (χ0) is 20.5. The monoisotopic (exact) mass is 395 g/mol. The Labute approximate surface area is 171 Å². The van der Waals surface area contributed by atoms with Crippen molar-refractivity contribution in [2.45, 2.75) is 38.8 Å². The fourth-order valence-corrected chi connectivity index (χ4v) is 4.64. The predicted octanol–water partition coefficient (Wildman–Crippen LogP) is 2.13. The summed E-state index contributed by atoms with van der Waals surface area (Å²) in [5, 5.41) is 9.30. The number of aryl methyl sites for hydroxylation is 1. The van der Waals surface area contributed by atoms with Gasteiger partial charge >= 0.3 is 0 Å². The van der Waals surface area contributed by atoms with Crippen LogP contribution >= 0.6 is 0 Å². The Hall–Kier alpha value is -2.43. The van der Waals surface area contributed by atoms with Crippen LogP contribution in [-0.4, -0.2) is 59.4 Å². The Bertz CT molecular complexity index is 989. The molecule has 2 saturated heterocycles. The summed E-state index contributed by atoms with van der Waals surface area (Å²) < 4.78 is 7.10. The van der Waals surface area contributed by atoms with E-state index in [1.165, 1.54) is 0 Å². The molecule has 2 aliphatic rings. The summed E-state index contributed by atoms with van der Waals surface area (Å²) in [5.74, 6) is 0.703. The maximum absolute atomic E-state index is 12.6. The standard InChI is InChI=1S/C22H29N5O2/c1-15-13-27(16(2)12-26(15)14-17-6-8-29-9-7-17)20-10-21(28)25(3)19-5-4-18(11-23)24-22(19)20/h4-5,10,15-17H,6-9,12-14H2,1-3H3/t15-,16+/m1/s1. The third-order valence-electron chi connectivity index (χ3n) is 6.44. The van der Waals surface area contributed by atoms with E-state index in [0.29, 0.717) is 17.7 Å². The number of hydrogen-bond donors (Lipinski definition) is 0. The third kappa shape index (κ3) is 3.87. The van der Waals surface area contributed by atoms with Gasteiger partial charge in [0, 0.05) is 58.0 Å². The largest absolute Gasteiger partial charge is 0.381 e. The van der Waals surface area contributed by atoms with Crippen LogP contribution in [0.3, 0.4) is 0 Å². The van der Waals surface area contributed by atoms with Crippen molar-refractivity contribution >= 4 is 16.7 Å². The molecule has 7 nitrogen and oxygen atoms in total. The number of fused-ring (bicyclic) bond motifs is 1. The summed E-state index contributed by atoms with van der Waals surface area (Å²) in [4.78, 5) is 22.0. The van der Waals surface area contributed by atoms with Gasteiger partial charge in [0.2, 0.25) is 0 Å². The number of pyridine rings is 2. The predicted molar refractivity (Wildman–Crippen MR) is 113 cm³/mol. The van der Waals surface area contributed by atoms with Crippen LogP contribution in [0.25, 0.3) is 11.0 Å². The molecule has 0 spiro atoms. The number of ether oxygens (including phenoxy) is 1. The fraction of sp³-hybridized carbons (Fsp3) is 0.591. The van der Waals surface area contributed by atoms with Gasteiger partial charge in [0.1, 0.15) is 17.3 Å². The molecule has 0 aliphatic carbocycles. The van der Waals surface area contributed by atoms with Crippen LogP contribution < -0.4 is 10.5 Å². The molecular formula is C22H29N5O2. The van der Waals surface area contributed by atoms with Crippen LogP contribution in [-0.2, 0) is 11.8 Å². The van der Waals surface area contributed by atoms with Gasteiger partial charge in [-0.2, -0.15) is 5.26 Å². The molecule has 0 bridgehead atoms. The molecule has 2 aromatic rings. The Morgan fingerprint density at radius 1 is 1.21 bits per heavy atom. The molecule has 0 unspecified atom stereocenters. The van der Waals surface area contributed by atoms with Gasteiger partial charge in [-0.15, -0.1) is 0 Å². The zero-order valence-corrected chi connectivity index (χ0v) is 17.5. The summed E-state index contributed by atoms with van der Waals surface area (Å²) in [5.41, 5.74) is 2.64. The van der Waals surface area contributed by atoms with Gasteiger partial charge in [0.15, 0.2) is 0 Å². The summed E-state index contributed by atoms with van der Waals surface area (Å²) >= 11 is 0. The van der Waals surface area contributed by atoms with E-state index in [0.717, 1.165) is 62.4 Å². The van der Waals surface area contributed by atoms with Gasteiger partial charge in [0.05, 0.1) is 11.2 Å². The van der Waals surface area contributed by atoms with Gasteiger partial charge < -0.3 is 14.2 Å². The van der Waals surface area contributed by atoms with Crippen molar-refractivity contribution in [1.29, 1.82) is 5.26 Å². The average molecular weight is 396 g/mol. The third-order valence-corrected chi connectivity index (χ3v) is 6.44. The van der Waals surface area contributed by atoms with Crippen molar-refractivity contribution in [2.24, 2.45) is 13.0 Å². The zero-order valence-electron chi connectivity index (χ0n) is 17.5. The van der Waals surface area contributed by atoms with Gasteiger partial charge in [-0.1, -0.05) is 0 Å². The number of rotatable bonds is 3. The smallest absolute Gasteiger partial charge is 0.252 e. The van der Waals surface area contributed by atoms with Crippen molar-refractivity contribution in [3.05, 3.63) is 34.2 Å². The van der Waals surface area contributed by atoms with E-state index >= 15 is 0 Å². The van der Waals surface area contributed by atoms with Crippen LogP contribution in [0.4, 0.5) is 5.69 Å². The second-order valence-electron chi connectivity index (χ2n) is 8.46. The minimum Gasteiger partial charge on any atom is -0.381 e.